The van der Waals surface area contributed by atoms with Crippen LogP contribution in [-0.4, -0.2) is 30.6 Å². The van der Waals surface area contributed by atoms with Gasteiger partial charge >= 0.3 is 0 Å². The number of hydrogen-bond acceptors (Lipinski definition) is 3. The van der Waals surface area contributed by atoms with Crippen molar-refractivity contribution in [3.8, 4) is 6.07 Å². The average molecular weight is 260 g/mol. The summed E-state index contributed by atoms with van der Waals surface area (Å²) in [5.41, 5.74) is 1.57. The highest BCUT2D eigenvalue weighted by Gasteiger charge is 2.09. The summed E-state index contributed by atoms with van der Waals surface area (Å²) in [6.45, 7) is 4.85. The molecular weight excluding hydrogens is 240 g/mol. The van der Waals surface area contributed by atoms with Gasteiger partial charge in [-0.2, -0.15) is 5.26 Å². The van der Waals surface area contributed by atoms with Gasteiger partial charge in [-0.15, -0.1) is 0 Å². The van der Waals surface area contributed by atoms with Crippen molar-refractivity contribution in [2.75, 3.05) is 13.7 Å². The summed E-state index contributed by atoms with van der Waals surface area (Å²) < 4.78 is 5.36. The van der Waals surface area contributed by atoms with E-state index in [1.165, 1.54) is 0 Å². The first-order chi connectivity index (χ1) is 9.02. The van der Waals surface area contributed by atoms with E-state index in [9.17, 15) is 4.79 Å². The van der Waals surface area contributed by atoms with Gasteiger partial charge in [0.25, 0.3) is 0 Å². The van der Waals surface area contributed by atoms with E-state index in [0.717, 1.165) is 5.56 Å². The topological polar surface area (TPSA) is 53.3 Å². The maximum atomic E-state index is 11.9. The summed E-state index contributed by atoms with van der Waals surface area (Å²) >= 11 is 0. The van der Waals surface area contributed by atoms with Crippen LogP contribution >= 0.6 is 0 Å². The zero-order valence-electron chi connectivity index (χ0n) is 11.7. The summed E-state index contributed by atoms with van der Waals surface area (Å²) in [6.07, 6.45) is 0.525. The molecule has 1 amide bonds. The minimum absolute atomic E-state index is 0.0445. The number of carbonyl (C=O) groups is 1. The average Bonchev–Trinajstić information content (AvgIpc) is 2.38. The Morgan fingerprint density at radius 3 is 2.84 bits per heavy atom. The molecule has 0 heterocycles. The Labute approximate surface area is 114 Å². The third-order valence-corrected chi connectivity index (χ3v) is 2.67. The Balaban J connectivity index is 2.47. The van der Waals surface area contributed by atoms with Crippen molar-refractivity contribution in [2.24, 2.45) is 0 Å². The first-order valence-electron chi connectivity index (χ1n) is 6.37. The number of amides is 1. The maximum absolute atomic E-state index is 11.9. The predicted molar refractivity (Wildman–Crippen MR) is 73.3 cm³/mol. The van der Waals surface area contributed by atoms with E-state index >= 15 is 0 Å². The summed E-state index contributed by atoms with van der Waals surface area (Å²) in [6, 6.07) is 9.38. The van der Waals surface area contributed by atoms with Crippen LogP contribution in [0.1, 0.15) is 31.4 Å². The highest BCUT2D eigenvalue weighted by molar-refractivity contribution is 5.75. The number of nitriles is 1. The molecule has 0 spiro atoms. The fraction of sp³-hybridized carbons (Fsp3) is 0.467. The highest BCUT2D eigenvalue weighted by atomic mass is 16.5. The van der Waals surface area contributed by atoms with Crippen molar-refractivity contribution in [2.45, 2.75) is 32.9 Å². The quantitative estimate of drug-likeness (QED) is 0.788. The Hall–Kier alpha value is -1.86. The highest BCUT2D eigenvalue weighted by Crippen LogP contribution is 2.07. The molecule has 4 nitrogen and oxygen atoms in total. The van der Waals surface area contributed by atoms with Gasteiger partial charge in [-0.05, 0) is 31.5 Å². The molecule has 0 saturated carbocycles. The molecule has 0 unspecified atom stereocenters. The molecule has 102 valence electrons. The lowest BCUT2D eigenvalue weighted by molar-refractivity contribution is -0.131. The Kier molecular flexibility index (Phi) is 6.04. The lowest BCUT2D eigenvalue weighted by atomic mass is 10.1. The summed E-state index contributed by atoms with van der Waals surface area (Å²) in [5, 5.41) is 8.83. The van der Waals surface area contributed by atoms with Gasteiger partial charge in [0, 0.05) is 13.6 Å². The molecule has 0 fully saturated rings. The van der Waals surface area contributed by atoms with Crippen molar-refractivity contribution < 1.29 is 9.53 Å². The molecule has 0 bridgehead atoms. The number of benzene rings is 1. The van der Waals surface area contributed by atoms with Crippen molar-refractivity contribution in [3.63, 3.8) is 0 Å². The van der Waals surface area contributed by atoms with Gasteiger partial charge < -0.3 is 9.64 Å². The molecule has 1 aromatic carbocycles. The Morgan fingerprint density at radius 1 is 1.47 bits per heavy atom. The summed E-state index contributed by atoms with van der Waals surface area (Å²) in [5.74, 6) is 0.0445. The van der Waals surface area contributed by atoms with Crippen LogP contribution in [0.5, 0.6) is 0 Å². The van der Waals surface area contributed by atoms with E-state index in [-0.39, 0.29) is 12.0 Å². The van der Waals surface area contributed by atoms with Gasteiger partial charge in [0.2, 0.25) is 5.91 Å². The van der Waals surface area contributed by atoms with E-state index in [1.807, 2.05) is 26.0 Å². The minimum atomic E-state index is 0.0445. The van der Waals surface area contributed by atoms with E-state index < -0.39 is 0 Å². The third kappa shape index (κ3) is 5.54. The smallest absolute Gasteiger partial charge is 0.224 e. The number of rotatable bonds is 6. The first-order valence-corrected chi connectivity index (χ1v) is 6.37. The molecule has 0 aliphatic rings. The predicted octanol–water partition coefficient (Wildman–Crippen LogP) is 2.33. The summed E-state index contributed by atoms with van der Waals surface area (Å²) in [7, 11) is 1.76. The van der Waals surface area contributed by atoms with Gasteiger partial charge in [0.05, 0.1) is 30.8 Å². The normalized spacial score (nSPS) is 10.3. The second kappa shape index (κ2) is 7.55. The monoisotopic (exact) mass is 260 g/mol. The lowest BCUT2D eigenvalue weighted by Gasteiger charge is -2.18. The van der Waals surface area contributed by atoms with Gasteiger partial charge in [-0.1, -0.05) is 12.1 Å². The minimum Gasteiger partial charge on any atom is -0.378 e. The van der Waals surface area contributed by atoms with Crippen LogP contribution in [0.25, 0.3) is 0 Å². The van der Waals surface area contributed by atoms with Gasteiger partial charge in [0.15, 0.2) is 0 Å². The number of carbonyl (C=O) groups excluding carboxylic acids is 1. The molecule has 0 radical (unpaired) electrons. The molecular formula is C15H20N2O2. The second-order valence-corrected chi connectivity index (χ2v) is 4.73. The van der Waals surface area contributed by atoms with Crippen LogP contribution in [0, 0.1) is 11.3 Å². The van der Waals surface area contributed by atoms with E-state index in [0.29, 0.717) is 25.1 Å². The van der Waals surface area contributed by atoms with Gasteiger partial charge in [0.1, 0.15) is 0 Å². The molecule has 0 saturated heterocycles. The maximum Gasteiger partial charge on any atom is 0.224 e. The van der Waals surface area contributed by atoms with Crippen LogP contribution < -0.4 is 0 Å². The van der Waals surface area contributed by atoms with Crippen LogP contribution in [0.15, 0.2) is 24.3 Å². The Morgan fingerprint density at radius 2 is 2.21 bits per heavy atom. The SMILES string of the molecule is CC(C)OCCC(=O)N(C)Cc1cccc(C#N)c1. The zero-order chi connectivity index (χ0) is 14.3. The molecule has 1 rings (SSSR count). The lowest BCUT2D eigenvalue weighted by Crippen LogP contribution is -2.27. The molecule has 0 atom stereocenters. The Bertz CT molecular complexity index is 463. The van der Waals surface area contributed by atoms with Crippen LogP contribution in [0.2, 0.25) is 0 Å². The number of hydrogen-bond donors (Lipinski definition) is 0. The van der Waals surface area contributed by atoms with Crippen molar-refractivity contribution in [1.29, 1.82) is 5.26 Å². The second-order valence-electron chi connectivity index (χ2n) is 4.73. The van der Waals surface area contributed by atoms with E-state index in [1.54, 1.807) is 24.1 Å². The molecule has 0 aliphatic heterocycles. The van der Waals surface area contributed by atoms with E-state index in [2.05, 4.69) is 6.07 Å². The zero-order valence-corrected chi connectivity index (χ0v) is 11.7. The number of ether oxygens (including phenoxy) is 1. The fourth-order valence-electron chi connectivity index (χ4n) is 1.67. The molecule has 4 heteroatoms. The third-order valence-electron chi connectivity index (χ3n) is 2.67. The van der Waals surface area contributed by atoms with Crippen molar-refractivity contribution >= 4 is 5.91 Å². The molecule has 19 heavy (non-hydrogen) atoms. The van der Waals surface area contributed by atoms with E-state index in [4.69, 9.17) is 10.00 Å². The van der Waals surface area contributed by atoms with Crippen molar-refractivity contribution in [3.05, 3.63) is 35.4 Å². The standard InChI is InChI=1S/C15H20N2O2/c1-12(2)19-8-7-15(18)17(3)11-14-6-4-5-13(9-14)10-16/h4-6,9,12H,7-8,11H2,1-3H3. The van der Waals surface area contributed by atoms with Crippen LogP contribution in [-0.2, 0) is 16.1 Å². The summed E-state index contributed by atoms with van der Waals surface area (Å²) in [4.78, 5) is 13.5. The van der Waals surface area contributed by atoms with Crippen LogP contribution in [0.4, 0.5) is 0 Å². The first kappa shape index (κ1) is 15.2. The molecule has 1 aromatic rings. The van der Waals surface area contributed by atoms with Crippen molar-refractivity contribution in [1.82, 2.24) is 4.90 Å². The van der Waals surface area contributed by atoms with Gasteiger partial charge in [-0.25, -0.2) is 0 Å². The van der Waals surface area contributed by atoms with Crippen LogP contribution in [0.3, 0.4) is 0 Å². The molecule has 0 aliphatic carbocycles. The fourth-order valence-corrected chi connectivity index (χ4v) is 1.67. The molecule has 0 aromatic heterocycles. The molecule has 0 N–H and O–H groups in total. The number of nitrogens with zero attached hydrogens (tertiary/aromatic N) is 2. The largest absolute Gasteiger partial charge is 0.378 e. The van der Waals surface area contributed by atoms with Gasteiger partial charge in [-0.3, -0.25) is 4.79 Å².